The Morgan fingerprint density at radius 1 is 1.40 bits per heavy atom. The summed E-state index contributed by atoms with van der Waals surface area (Å²) in [6.07, 6.45) is 0. The number of aromatic nitrogens is 3. The van der Waals surface area contributed by atoms with Crippen molar-refractivity contribution in [2.24, 2.45) is 0 Å². The SMILES string of the molecule is c1cc2c3nnn(c3c1)S2. The zero-order valence-corrected chi connectivity index (χ0v) is 5.80. The van der Waals surface area contributed by atoms with Crippen molar-refractivity contribution >= 4 is 23.0 Å². The second-order valence-corrected chi connectivity index (χ2v) is 3.15. The van der Waals surface area contributed by atoms with Crippen LogP contribution >= 0.6 is 11.9 Å². The van der Waals surface area contributed by atoms with Crippen LogP contribution in [0.25, 0.3) is 11.0 Å². The Balaban J connectivity index is 2.73. The van der Waals surface area contributed by atoms with Crippen molar-refractivity contribution in [3.63, 3.8) is 0 Å². The van der Waals surface area contributed by atoms with E-state index in [4.69, 9.17) is 0 Å². The molecule has 0 saturated heterocycles. The van der Waals surface area contributed by atoms with Gasteiger partial charge in [0, 0.05) is 11.9 Å². The Morgan fingerprint density at radius 3 is 3.20 bits per heavy atom. The standard InChI is InChI=1S/C6H3N3S/c1-2-4-6-5(3-1)10-9(4)8-7-6/h1-3H. The fraction of sp³-hybridized carbons (Fsp3) is 0. The molecule has 0 amide bonds. The van der Waals surface area contributed by atoms with E-state index in [-0.39, 0.29) is 0 Å². The van der Waals surface area contributed by atoms with Gasteiger partial charge in [0.2, 0.25) is 0 Å². The fourth-order valence-electron chi connectivity index (χ4n) is 1.13. The van der Waals surface area contributed by atoms with E-state index in [1.807, 2.05) is 16.2 Å². The van der Waals surface area contributed by atoms with Gasteiger partial charge in [0.05, 0.1) is 4.90 Å². The number of hydrogen-bond acceptors (Lipinski definition) is 3. The van der Waals surface area contributed by atoms with Gasteiger partial charge in [-0.1, -0.05) is 11.3 Å². The number of nitrogens with zero attached hydrogens (tertiary/aromatic N) is 3. The predicted octanol–water partition coefficient (Wildman–Crippen LogP) is 1.30. The summed E-state index contributed by atoms with van der Waals surface area (Å²) in [7, 11) is 0. The van der Waals surface area contributed by atoms with Crippen molar-refractivity contribution in [3.8, 4) is 0 Å². The van der Waals surface area contributed by atoms with E-state index in [1.54, 1.807) is 11.9 Å². The molecule has 3 nitrogen and oxygen atoms in total. The molecule has 1 aliphatic heterocycles. The van der Waals surface area contributed by atoms with E-state index in [0.717, 1.165) is 11.0 Å². The molecule has 10 heavy (non-hydrogen) atoms. The maximum atomic E-state index is 3.98. The first-order chi connectivity index (χ1) is 4.95. The summed E-state index contributed by atoms with van der Waals surface area (Å²) in [6.45, 7) is 0. The smallest absolute Gasteiger partial charge is 0.129 e. The summed E-state index contributed by atoms with van der Waals surface area (Å²) >= 11 is 1.63. The molecule has 2 heterocycles. The van der Waals surface area contributed by atoms with Gasteiger partial charge in [-0.25, -0.2) is 0 Å². The topological polar surface area (TPSA) is 30.7 Å². The highest BCUT2D eigenvalue weighted by Crippen LogP contribution is 2.35. The molecule has 2 aromatic rings. The summed E-state index contributed by atoms with van der Waals surface area (Å²) in [5.41, 5.74) is 2.16. The average molecular weight is 149 g/mol. The number of benzene rings is 1. The third-order valence-corrected chi connectivity index (χ3v) is 2.56. The number of rotatable bonds is 0. The molecule has 0 radical (unpaired) electrons. The molecule has 0 unspecified atom stereocenters. The van der Waals surface area contributed by atoms with Gasteiger partial charge in [-0.3, -0.25) is 0 Å². The monoisotopic (exact) mass is 149 g/mol. The van der Waals surface area contributed by atoms with Gasteiger partial charge in [-0.2, -0.15) is 4.09 Å². The van der Waals surface area contributed by atoms with Crippen molar-refractivity contribution in [1.82, 2.24) is 14.4 Å². The largest absolute Gasteiger partial charge is 0.181 e. The zero-order valence-electron chi connectivity index (χ0n) is 4.98. The van der Waals surface area contributed by atoms with E-state index in [1.165, 1.54) is 4.90 Å². The van der Waals surface area contributed by atoms with E-state index < -0.39 is 0 Å². The first kappa shape index (κ1) is 4.73. The van der Waals surface area contributed by atoms with Gasteiger partial charge in [0.15, 0.2) is 0 Å². The lowest BCUT2D eigenvalue weighted by molar-refractivity contribution is 0.899. The van der Waals surface area contributed by atoms with E-state index in [0.29, 0.717) is 0 Å². The summed E-state index contributed by atoms with van der Waals surface area (Å²) < 4.78 is 1.84. The van der Waals surface area contributed by atoms with Crippen LogP contribution in [0.2, 0.25) is 0 Å². The van der Waals surface area contributed by atoms with Crippen LogP contribution in [-0.2, 0) is 0 Å². The molecule has 0 fully saturated rings. The first-order valence-electron chi connectivity index (χ1n) is 2.98. The van der Waals surface area contributed by atoms with E-state index >= 15 is 0 Å². The molecule has 0 atom stereocenters. The minimum absolute atomic E-state index is 1.03. The summed E-state index contributed by atoms with van der Waals surface area (Å²) in [6, 6.07) is 6.11. The summed E-state index contributed by atoms with van der Waals surface area (Å²) in [5, 5.41) is 7.88. The van der Waals surface area contributed by atoms with Crippen LogP contribution in [0.4, 0.5) is 0 Å². The van der Waals surface area contributed by atoms with Crippen molar-refractivity contribution < 1.29 is 0 Å². The second-order valence-electron chi connectivity index (χ2n) is 2.18. The lowest BCUT2D eigenvalue weighted by Crippen LogP contribution is -1.86. The predicted molar refractivity (Wildman–Crippen MR) is 38.8 cm³/mol. The van der Waals surface area contributed by atoms with Crippen LogP contribution in [0.3, 0.4) is 0 Å². The van der Waals surface area contributed by atoms with Crippen molar-refractivity contribution in [2.75, 3.05) is 0 Å². The second kappa shape index (κ2) is 1.34. The van der Waals surface area contributed by atoms with Crippen LogP contribution < -0.4 is 0 Å². The lowest BCUT2D eigenvalue weighted by Gasteiger charge is -1.91. The van der Waals surface area contributed by atoms with E-state index in [9.17, 15) is 0 Å². The highest BCUT2D eigenvalue weighted by atomic mass is 32.2. The maximum Gasteiger partial charge on any atom is 0.129 e. The molecule has 1 aromatic heterocycles. The molecule has 0 N–H and O–H groups in total. The van der Waals surface area contributed by atoms with Gasteiger partial charge in [0.25, 0.3) is 0 Å². The lowest BCUT2D eigenvalue weighted by atomic mass is 10.3. The Bertz CT molecular complexity index is 406. The van der Waals surface area contributed by atoms with Gasteiger partial charge in [0.1, 0.15) is 11.0 Å². The minimum Gasteiger partial charge on any atom is -0.181 e. The third kappa shape index (κ3) is 0.368. The Kier molecular flexibility index (Phi) is 0.637. The third-order valence-electron chi connectivity index (χ3n) is 1.59. The van der Waals surface area contributed by atoms with Crippen LogP contribution in [0.1, 0.15) is 0 Å². The molecular weight excluding hydrogens is 146 g/mol. The van der Waals surface area contributed by atoms with Gasteiger partial charge in [-0.15, -0.1) is 5.10 Å². The molecule has 4 bridgehead atoms. The van der Waals surface area contributed by atoms with Gasteiger partial charge < -0.3 is 0 Å². The molecule has 0 saturated carbocycles. The molecule has 48 valence electrons. The van der Waals surface area contributed by atoms with Crippen molar-refractivity contribution in [3.05, 3.63) is 18.2 Å². The first-order valence-corrected chi connectivity index (χ1v) is 3.75. The molecule has 1 aromatic carbocycles. The minimum atomic E-state index is 1.03. The Morgan fingerprint density at radius 2 is 2.40 bits per heavy atom. The molecule has 0 aliphatic carbocycles. The van der Waals surface area contributed by atoms with Crippen LogP contribution in [0.15, 0.2) is 23.1 Å². The highest BCUT2D eigenvalue weighted by molar-refractivity contribution is 7.98. The molecule has 1 aliphatic rings. The maximum absolute atomic E-state index is 3.98. The summed E-state index contributed by atoms with van der Waals surface area (Å²) in [4.78, 5) is 1.22. The normalized spacial score (nSPS) is 13.6. The van der Waals surface area contributed by atoms with Crippen molar-refractivity contribution in [2.45, 2.75) is 4.90 Å². The summed E-state index contributed by atoms with van der Waals surface area (Å²) in [5.74, 6) is 0. The number of hydrogen-bond donors (Lipinski definition) is 0. The fourth-order valence-corrected chi connectivity index (χ4v) is 2.01. The molecule has 0 spiro atoms. The van der Waals surface area contributed by atoms with Crippen LogP contribution in [0, 0.1) is 0 Å². The average Bonchev–Trinajstić information content (AvgIpc) is 2.44. The van der Waals surface area contributed by atoms with Gasteiger partial charge >= 0.3 is 0 Å². The Labute approximate surface area is 61.2 Å². The zero-order chi connectivity index (χ0) is 6.55. The molecular formula is C6H3N3S. The molecule has 3 rings (SSSR count). The van der Waals surface area contributed by atoms with Crippen LogP contribution in [0.5, 0.6) is 0 Å². The van der Waals surface area contributed by atoms with Gasteiger partial charge in [-0.05, 0) is 12.1 Å². The Hall–Kier alpha value is -1.03. The quantitative estimate of drug-likeness (QED) is 0.482. The highest BCUT2D eigenvalue weighted by Gasteiger charge is 2.17. The van der Waals surface area contributed by atoms with E-state index in [2.05, 4.69) is 16.4 Å². The molecule has 4 heteroatoms. The van der Waals surface area contributed by atoms with Crippen LogP contribution in [-0.4, -0.2) is 14.4 Å². The van der Waals surface area contributed by atoms with Crippen molar-refractivity contribution in [1.29, 1.82) is 0 Å².